The van der Waals surface area contributed by atoms with Gasteiger partial charge in [-0.2, -0.15) is 0 Å². The standard InChI is InChI=1S/C8H16N4O4S2/c1-3-12-6-8(11-7(12)2)18(15,16)10-4-5-17(9,13)14/h6,10H,3-5H2,1-2H3,(H2,9,13,14). The molecule has 18 heavy (non-hydrogen) atoms. The molecule has 0 spiro atoms. The zero-order valence-electron chi connectivity index (χ0n) is 10.1. The van der Waals surface area contributed by atoms with Crippen molar-refractivity contribution in [2.24, 2.45) is 5.14 Å². The summed E-state index contributed by atoms with van der Waals surface area (Å²) in [4.78, 5) is 3.90. The molecule has 0 aliphatic rings. The third-order valence-electron chi connectivity index (χ3n) is 2.25. The summed E-state index contributed by atoms with van der Waals surface area (Å²) in [7, 11) is -7.49. The van der Waals surface area contributed by atoms with Gasteiger partial charge < -0.3 is 4.57 Å². The zero-order chi connectivity index (χ0) is 14.0. The molecule has 3 N–H and O–H groups in total. The lowest BCUT2D eigenvalue weighted by Crippen LogP contribution is -2.31. The predicted molar refractivity (Wildman–Crippen MR) is 65.8 cm³/mol. The van der Waals surface area contributed by atoms with Crippen molar-refractivity contribution >= 4 is 20.0 Å². The minimum absolute atomic E-state index is 0.128. The van der Waals surface area contributed by atoms with Crippen LogP contribution in [0.5, 0.6) is 0 Å². The van der Waals surface area contributed by atoms with Crippen molar-refractivity contribution in [1.29, 1.82) is 0 Å². The van der Waals surface area contributed by atoms with Gasteiger partial charge in [0, 0.05) is 19.3 Å². The van der Waals surface area contributed by atoms with Gasteiger partial charge >= 0.3 is 0 Å². The summed E-state index contributed by atoms with van der Waals surface area (Å²) < 4.78 is 48.7. The Kier molecular flexibility index (Phi) is 4.48. The Morgan fingerprint density at radius 3 is 2.44 bits per heavy atom. The number of aryl methyl sites for hydroxylation is 2. The van der Waals surface area contributed by atoms with Gasteiger partial charge in [0.1, 0.15) is 5.82 Å². The fraction of sp³-hybridized carbons (Fsp3) is 0.625. The van der Waals surface area contributed by atoms with Gasteiger partial charge in [-0.15, -0.1) is 0 Å². The lowest BCUT2D eigenvalue weighted by Gasteiger charge is -2.02. The van der Waals surface area contributed by atoms with Crippen LogP contribution in [0.3, 0.4) is 0 Å². The topological polar surface area (TPSA) is 124 Å². The summed E-state index contributed by atoms with van der Waals surface area (Å²) in [6.45, 7) is 3.87. The second-order valence-electron chi connectivity index (χ2n) is 3.68. The van der Waals surface area contributed by atoms with Crippen LogP contribution in [-0.2, 0) is 26.6 Å². The molecule has 104 valence electrons. The van der Waals surface area contributed by atoms with Crippen molar-refractivity contribution in [1.82, 2.24) is 14.3 Å². The third-order valence-corrected chi connectivity index (χ3v) is 4.35. The Balaban J connectivity index is 2.80. The van der Waals surface area contributed by atoms with Crippen LogP contribution in [0, 0.1) is 6.92 Å². The van der Waals surface area contributed by atoms with E-state index in [1.54, 1.807) is 11.5 Å². The van der Waals surface area contributed by atoms with Crippen molar-refractivity contribution in [2.75, 3.05) is 12.3 Å². The molecule has 0 saturated heterocycles. The van der Waals surface area contributed by atoms with E-state index in [1.807, 2.05) is 6.92 Å². The van der Waals surface area contributed by atoms with E-state index in [9.17, 15) is 16.8 Å². The highest BCUT2D eigenvalue weighted by Gasteiger charge is 2.19. The number of nitrogens with two attached hydrogens (primary N) is 1. The fourth-order valence-corrected chi connectivity index (χ4v) is 2.87. The zero-order valence-corrected chi connectivity index (χ0v) is 11.8. The summed E-state index contributed by atoms with van der Waals surface area (Å²) in [5.41, 5.74) is 0. The first-order valence-electron chi connectivity index (χ1n) is 5.19. The van der Waals surface area contributed by atoms with Crippen LogP contribution in [0.25, 0.3) is 0 Å². The van der Waals surface area contributed by atoms with Gasteiger partial charge in [-0.05, 0) is 13.8 Å². The molecule has 1 aromatic rings. The molecular weight excluding hydrogens is 280 g/mol. The van der Waals surface area contributed by atoms with E-state index in [0.717, 1.165) is 0 Å². The molecule has 0 aliphatic carbocycles. The molecular formula is C8H16N4O4S2. The van der Waals surface area contributed by atoms with Gasteiger partial charge in [0.2, 0.25) is 10.0 Å². The minimum Gasteiger partial charge on any atom is -0.334 e. The maximum Gasteiger partial charge on any atom is 0.259 e. The SMILES string of the molecule is CCn1cc(S(=O)(=O)NCCS(N)(=O)=O)nc1C. The van der Waals surface area contributed by atoms with Crippen molar-refractivity contribution in [3.8, 4) is 0 Å². The van der Waals surface area contributed by atoms with E-state index in [1.165, 1.54) is 6.20 Å². The molecule has 1 aromatic heterocycles. The summed E-state index contributed by atoms with van der Waals surface area (Å²) in [6.07, 6.45) is 1.40. The molecule has 0 saturated carbocycles. The lowest BCUT2D eigenvalue weighted by molar-refractivity contribution is 0.578. The smallest absolute Gasteiger partial charge is 0.259 e. The molecule has 0 atom stereocenters. The number of rotatable bonds is 6. The van der Waals surface area contributed by atoms with Crippen molar-refractivity contribution < 1.29 is 16.8 Å². The van der Waals surface area contributed by atoms with Crippen LogP contribution >= 0.6 is 0 Å². The number of sulfonamides is 2. The van der Waals surface area contributed by atoms with Gasteiger partial charge in [0.05, 0.1) is 5.75 Å². The number of nitrogens with one attached hydrogen (secondary N) is 1. The highest BCUT2D eigenvalue weighted by atomic mass is 32.2. The molecule has 10 heteroatoms. The van der Waals surface area contributed by atoms with E-state index in [2.05, 4.69) is 9.71 Å². The number of hydrogen-bond acceptors (Lipinski definition) is 5. The van der Waals surface area contributed by atoms with E-state index < -0.39 is 25.8 Å². The third kappa shape index (κ3) is 4.05. The molecule has 1 rings (SSSR count). The quantitative estimate of drug-likeness (QED) is 0.680. The van der Waals surface area contributed by atoms with Crippen LogP contribution in [0.1, 0.15) is 12.7 Å². The Hall–Kier alpha value is -0.970. The van der Waals surface area contributed by atoms with Gasteiger partial charge in [0.15, 0.2) is 5.03 Å². The molecule has 1 heterocycles. The molecule has 0 radical (unpaired) electrons. The first kappa shape index (κ1) is 15.1. The van der Waals surface area contributed by atoms with E-state index in [4.69, 9.17) is 5.14 Å². The van der Waals surface area contributed by atoms with Crippen LogP contribution in [0.2, 0.25) is 0 Å². The summed E-state index contributed by atoms with van der Waals surface area (Å²) in [5.74, 6) is 0.115. The normalized spacial score (nSPS) is 12.8. The van der Waals surface area contributed by atoms with Crippen molar-refractivity contribution in [3.05, 3.63) is 12.0 Å². The largest absolute Gasteiger partial charge is 0.334 e. The Morgan fingerprint density at radius 2 is 2.00 bits per heavy atom. The van der Waals surface area contributed by atoms with Crippen molar-refractivity contribution in [3.63, 3.8) is 0 Å². The highest BCUT2D eigenvalue weighted by Crippen LogP contribution is 2.08. The average molecular weight is 296 g/mol. The fourth-order valence-electron chi connectivity index (χ4n) is 1.32. The van der Waals surface area contributed by atoms with E-state index >= 15 is 0 Å². The maximum absolute atomic E-state index is 11.8. The summed E-state index contributed by atoms with van der Waals surface area (Å²) in [6, 6.07) is 0. The Labute approximate surface area is 106 Å². The second kappa shape index (κ2) is 5.34. The number of imidazole rings is 1. The number of nitrogens with zero attached hydrogens (tertiary/aromatic N) is 2. The molecule has 0 aromatic carbocycles. The van der Waals surface area contributed by atoms with Crippen molar-refractivity contribution in [2.45, 2.75) is 25.4 Å². The molecule has 0 bridgehead atoms. The van der Waals surface area contributed by atoms with E-state index in [-0.39, 0.29) is 11.6 Å². The van der Waals surface area contributed by atoms with E-state index in [0.29, 0.717) is 12.4 Å². The molecule has 0 unspecified atom stereocenters. The number of hydrogen-bond donors (Lipinski definition) is 2. The summed E-state index contributed by atoms with van der Waals surface area (Å²) >= 11 is 0. The maximum atomic E-state index is 11.8. The highest BCUT2D eigenvalue weighted by molar-refractivity contribution is 7.90. The number of aromatic nitrogens is 2. The Bertz CT molecular complexity index is 618. The summed E-state index contributed by atoms with van der Waals surface area (Å²) in [5, 5.41) is 4.64. The molecule has 0 fully saturated rings. The number of primary sulfonamides is 1. The van der Waals surface area contributed by atoms with Crippen LogP contribution in [0.15, 0.2) is 11.2 Å². The Morgan fingerprint density at radius 1 is 1.39 bits per heavy atom. The molecule has 8 nitrogen and oxygen atoms in total. The van der Waals surface area contributed by atoms with Gasteiger partial charge in [-0.25, -0.2) is 31.7 Å². The van der Waals surface area contributed by atoms with Crippen LogP contribution in [0.4, 0.5) is 0 Å². The molecule has 0 amide bonds. The van der Waals surface area contributed by atoms with Crippen LogP contribution in [-0.4, -0.2) is 38.7 Å². The van der Waals surface area contributed by atoms with Gasteiger partial charge in [0.25, 0.3) is 10.0 Å². The van der Waals surface area contributed by atoms with Crippen LogP contribution < -0.4 is 9.86 Å². The average Bonchev–Trinajstić information content (AvgIpc) is 2.58. The van der Waals surface area contributed by atoms with Gasteiger partial charge in [-0.3, -0.25) is 0 Å². The predicted octanol–water partition coefficient (Wildman–Crippen LogP) is -1.22. The first-order valence-corrected chi connectivity index (χ1v) is 8.39. The van der Waals surface area contributed by atoms with Gasteiger partial charge in [-0.1, -0.05) is 0 Å². The first-order chi connectivity index (χ1) is 8.15. The monoisotopic (exact) mass is 296 g/mol. The lowest BCUT2D eigenvalue weighted by atomic mass is 10.6. The molecule has 0 aliphatic heterocycles. The minimum atomic E-state index is -3.80. The second-order valence-corrected chi connectivity index (χ2v) is 7.12.